The van der Waals surface area contributed by atoms with Gasteiger partial charge in [-0.2, -0.15) is 0 Å². The minimum Gasteiger partial charge on any atom is -0.368 e. The van der Waals surface area contributed by atoms with Crippen molar-refractivity contribution in [3.63, 3.8) is 0 Å². The molecule has 0 aromatic carbocycles. The van der Waals surface area contributed by atoms with Crippen molar-refractivity contribution < 1.29 is 4.79 Å². The molecular formula is C11H17N3OS. The first kappa shape index (κ1) is 11.6. The van der Waals surface area contributed by atoms with Crippen LogP contribution in [0.2, 0.25) is 0 Å². The number of amides is 1. The van der Waals surface area contributed by atoms with Gasteiger partial charge in [0.15, 0.2) is 0 Å². The Labute approximate surface area is 99.4 Å². The van der Waals surface area contributed by atoms with Gasteiger partial charge in [0.1, 0.15) is 5.54 Å². The summed E-state index contributed by atoms with van der Waals surface area (Å²) >= 11 is 1.69. The first-order valence-electron chi connectivity index (χ1n) is 5.38. The maximum Gasteiger partial charge on any atom is 0.239 e. The predicted molar refractivity (Wildman–Crippen MR) is 65.2 cm³/mol. The molecular weight excluding hydrogens is 222 g/mol. The van der Waals surface area contributed by atoms with Crippen LogP contribution in [0.4, 0.5) is 0 Å². The molecule has 2 rings (SSSR count). The first-order valence-corrected chi connectivity index (χ1v) is 6.26. The SMILES string of the molecule is CN1CCC(NCc2cccs2)(C(N)=O)C1. The van der Waals surface area contributed by atoms with E-state index in [0.717, 1.165) is 13.0 Å². The molecule has 1 atom stereocenters. The van der Waals surface area contributed by atoms with Crippen LogP contribution in [0.25, 0.3) is 0 Å². The highest BCUT2D eigenvalue weighted by atomic mass is 32.1. The number of nitrogens with zero attached hydrogens (tertiary/aromatic N) is 1. The monoisotopic (exact) mass is 239 g/mol. The lowest BCUT2D eigenvalue weighted by Gasteiger charge is -2.26. The number of primary amides is 1. The number of carbonyl (C=O) groups is 1. The van der Waals surface area contributed by atoms with E-state index in [4.69, 9.17) is 5.73 Å². The molecule has 1 aromatic heterocycles. The minimum absolute atomic E-state index is 0.242. The molecule has 1 aliphatic heterocycles. The average Bonchev–Trinajstić information content (AvgIpc) is 2.84. The number of rotatable bonds is 4. The first-order chi connectivity index (χ1) is 7.62. The smallest absolute Gasteiger partial charge is 0.239 e. The van der Waals surface area contributed by atoms with Crippen molar-refractivity contribution in [1.29, 1.82) is 0 Å². The highest BCUT2D eigenvalue weighted by Crippen LogP contribution is 2.21. The van der Waals surface area contributed by atoms with Crippen LogP contribution in [-0.4, -0.2) is 36.5 Å². The highest BCUT2D eigenvalue weighted by molar-refractivity contribution is 7.09. The summed E-state index contributed by atoms with van der Waals surface area (Å²) in [4.78, 5) is 14.9. The molecule has 1 amide bonds. The van der Waals surface area contributed by atoms with E-state index < -0.39 is 5.54 Å². The summed E-state index contributed by atoms with van der Waals surface area (Å²) in [7, 11) is 2.01. The molecule has 2 heterocycles. The van der Waals surface area contributed by atoms with Crippen molar-refractivity contribution in [3.8, 4) is 0 Å². The number of likely N-dealkylation sites (N-methyl/N-ethyl adjacent to an activating group) is 1. The van der Waals surface area contributed by atoms with E-state index in [1.807, 2.05) is 18.5 Å². The van der Waals surface area contributed by atoms with Crippen molar-refractivity contribution in [3.05, 3.63) is 22.4 Å². The van der Waals surface area contributed by atoms with E-state index in [-0.39, 0.29) is 5.91 Å². The van der Waals surface area contributed by atoms with Gasteiger partial charge in [-0.05, 0) is 24.9 Å². The zero-order valence-electron chi connectivity index (χ0n) is 9.40. The molecule has 5 heteroatoms. The number of nitrogens with two attached hydrogens (primary N) is 1. The van der Waals surface area contributed by atoms with Gasteiger partial charge in [0.25, 0.3) is 0 Å². The molecule has 4 nitrogen and oxygen atoms in total. The molecule has 0 spiro atoms. The van der Waals surface area contributed by atoms with Crippen LogP contribution < -0.4 is 11.1 Å². The molecule has 1 aliphatic rings. The van der Waals surface area contributed by atoms with Crippen LogP contribution in [0, 0.1) is 0 Å². The Morgan fingerprint density at radius 3 is 3.06 bits per heavy atom. The highest BCUT2D eigenvalue weighted by Gasteiger charge is 2.41. The fourth-order valence-electron chi connectivity index (χ4n) is 2.10. The Morgan fingerprint density at radius 1 is 1.75 bits per heavy atom. The molecule has 0 bridgehead atoms. The van der Waals surface area contributed by atoms with Gasteiger partial charge in [0.05, 0.1) is 0 Å². The molecule has 1 unspecified atom stereocenters. The van der Waals surface area contributed by atoms with Gasteiger partial charge in [-0.1, -0.05) is 6.07 Å². The number of carbonyl (C=O) groups excluding carboxylic acids is 1. The molecule has 0 aliphatic carbocycles. The Hall–Kier alpha value is -0.910. The van der Waals surface area contributed by atoms with Gasteiger partial charge in [-0.15, -0.1) is 11.3 Å². The molecule has 16 heavy (non-hydrogen) atoms. The second kappa shape index (κ2) is 4.53. The van der Waals surface area contributed by atoms with Crippen molar-refractivity contribution in [2.24, 2.45) is 5.73 Å². The Morgan fingerprint density at radius 2 is 2.56 bits per heavy atom. The van der Waals surface area contributed by atoms with E-state index in [2.05, 4.69) is 16.3 Å². The van der Waals surface area contributed by atoms with Gasteiger partial charge in [0, 0.05) is 24.5 Å². The van der Waals surface area contributed by atoms with E-state index in [1.54, 1.807) is 11.3 Å². The second-order valence-electron chi connectivity index (χ2n) is 4.37. The number of hydrogen-bond donors (Lipinski definition) is 2. The van der Waals surface area contributed by atoms with Crippen molar-refractivity contribution in [2.75, 3.05) is 20.1 Å². The molecule has 1 saturated heterocycles. The summed E-state index contributed by atoms with van der Waals surface area (Å²) in [5.74, 6) is -0.242. The lowest BCUT2D eigenvalue weighted by molar-refractivity contribution is -0.124. The average molecular weight is 239 g/mol. The fraction of sp³-hybridized carbons (Fsp3) is 0.545. The number of likely N-dealkylation sites (tertiary alicyclic amines) is 1. The van der Waals surface area contributed by atoms with Gasteiger partial charge >= 0.3 is 0 Å². The Kier molecular flexibility index (Phi) is 3.28. The third kappa shape index (κ3) is 2.26. The van der Waals surface area contributed by atoms with Gasteiger partial charge in [-0.3, -0.25) is 10.1 Å². The normalized spacial score (nSPS) is 26.1. The van der Waals surface area contributed by atoms with Gasteiger partial charge < -0.3 is 10.6 Å². The maximum absolute atomic E-state index is 11.6. The Bertz CT molecular complexity index is 365. The van der Waals surface area contributed by atoms with Crippen molar-refractivity contribution in [1.82, 2.24) is 10.2 Å². The minimum atomic E-state index is -0.543. The number of thiophene rings is 1. The van der Waals surface area contributed by atoms with Crippen LogP contribution in [-0.2, 0) is 11.3 Å². The third-order valence-corrected chi connectivity index (χ3v) is 3.99. The predicted octanol–water partition coefficient (Wildman–Crippen LogP) is 0.397. The number of hydrogen-bond acceptors (Lipinski definition) is 4. The van der Waals surface area contributed by atoms with E-state index in [0.29, 0.717) is 13.1 Å². The van der Waals surface area contributed by atoms with Crippen molar-refractivity contribution in [2.45, 2.75) is 18.5 Å². The van der Waals surface area contributed by atoms with Crippen LogP contribution in [0.5, 0.6) is 0 Å². The second-order valence-corrected chi connectivity index (χ2v) is 5.40. The summed E-state index contributed by atoms with van der Waals surface area (Å²) < 4.78 is 0. The van der Waals surface area contributed by atoms with E-state index >= 15 is 0 Å². The van der Waals surface area contributed by atoms with Crippen LogP contribution in [0.1, 0.15) is 11.3 Å². The zero-order chi connectivity index (χ0) is 11.6. The summed E-state index contributed by atoms with van der Waals surface area (Å²) in [6, 6.07) is 4.07. The molecule has 0 saturated carbocycles. The Balaban J connectivity index is 2.01. The van der Waals surface area contributed by atoms with Crippen LogP contribution >= 0.6 is 11.3 Å². The molecule has 1 aromatic rings. The molecule has 0 radical (unpaired) electrons. The van der Waals surface area contributed by atoms with Crippen LogP contribution in [0.3, 0.4) is 0 Å². The summed E-state index contributed by atoms with van der Waals surface area (Å²) in [6.45, 7) is 2.34. The van der Waals surface area contributed by atoms with Crippen LogP contribution in [0.15, 0.2) is 17.5 Å². The summed E-state index contributed by atoms with van der Waals surface area (Å²) in [5, 5.41) is 5.36. The standard InChI is InChI=1S/C11H17N3OS/c1-14-5-4-11(8-14,10(12)15)13-7-9-3-2-6-16-9/h2-3,6,13H,4-5,7-8H2,1H3,(H2,12,15). The fourth-order valence-corrected chi connectivity index (χ4v) is 2.75. The largest absolute Gasteiger partial charge is 0.368 e. The zero-order valence-corrected chi connectivity index (χ0v) is 10.2. The quantitative estimate of drug-likeness (QED) is 0.799. The topological polar surface area (TPSA) is 58.4 Å². The van der Waals surface area contributed by atoms with Gasteiger partial charge in [-0.25, -0.2) is 0 Å². The molecule has 88 valence electrons. The summed E-state index contributed by atoms with van der Waals surface area (Å²) in [5.41, 5.74) is 4.97. The number of nitrogens with one attached hydrogen (secondary N) is 1. The lowest BCUT2D eigenvalue weighted by atomic mass is 9.98. The molecule has 1 fully saturated rings. The van der Waals surface area contributed by atoms with E-state index in [1.165, 1.54) is 4.88 Å². The maximum atomic E-state index is 11.6. The van der Waals surface area contributed by atoms with E-state index in [9.17, 15) is 4.79 Å². The molecule has 3 N–H and O–H groups in total. The van der Waals surface area contributed by atoms with Gasteiger partial charge in [0.2, 0.25) is 5.91 Å². The van der Waals surface area contributed by atoms with Crippen molar-refractivity contribution >= 4 is 17.2 Å². The lowest BCUT2D eigenvalue weighted by Crippen LogP contribution is -2.56. The summed E-state index contributed by atoms with van der Waals surface area (Å²) in [6.07, 6.45) is 0.796. The third-order valence-electron chi connectivity index (χ3n) is 3.11.